The fourth-order valence-corrected chi connectivity index (χ4v) is 4.99. The Bertz CT molecular complexity index is 1030. The number of piperidine rings is 1. The van der Waals surface area contributed by atoms with E-state index in [4.69, 9.17) is 16.3 Å². The number of benzene rings is 2. The van der Waals surface area contributed by atoms with E-state index in [1.807, 2.05) is 17.0 Å². The first-order chi connectivity index (χ1) is 16.9. The van der Waals surface area contributed by atoms with Crippen molar-refractivity contribution >= 4 is 23.4 Å². The summed E-state index contributed by atoms with van der Waals surface area (Å²) in [7, 11) is 2.06. The second-order valence-electron chi connectivity index (χ2n) is 9.48. The van der Waals surface area contributed by atoms with E-state index in [2.05, 4.69) is 11.9 Å². The van der Waals surface area contributed by atoms with Crippen LogP contribution in [0, 0.1) is 11.7 Å². The summed E-state index contributed by atoms with van der Waals surface area (Å²) < 4.78 is 20.3. The van der Waals surface area contributed by atoms with Crippen LogP contribution < -0.4 is 4.74 Å². The maximum Gasteiger partial charge on any atom is 0.223 e. The highest BCUT2D eigenvalue weighted by molar-refractivity contribution is 6.30. The standard InChI is InChI=1S/C27H33ClFN3O3/c1-30-13-15-31(16-14-30)27(34)17-21-19-32(26(33)10-9-20-5-2-3-8-24(20)29)12-11-25(21)35-23-7-4-6-22(28)18-23/h2-8,18,21,25H,9-17,19H2,1H3/t21-,25-/m0/s1. The molecule has 2 atom stereocenters. The van der Waals surface area contributed by atoms with Crippen LogP contribution in [0.4, 0.5) is 4.39 Å². The molecule has 0 saturated carbocycles. The average molecular weight is 502 g/mol. The molecule has 6 nitrogen and oxygen atoms in total. The summed E-state index contributed by atoms with van der Waals surface area (Å²) in [5.41, 5.74) is 0.543. The van der Waals surface area contributed by atoms with Gasteiger partial charge in [0.2, 0.25) is 11.8 Å². The number of amides is 2. The number of likely N-dealkylation sites (tertiary alicyclic amines) is 1. The maximum atomic E-state index is 14.0. The molecule has 2 amide bonds. The van der Waals surface area contributed by atoms with Crippen molar-refractivity contribution < 1.29 is 18.7 Å². The van der Waals surface area contributed by atoms with Gasteiger partial charge in [-0.1, -0.05) is 35.9 Å². The number of hydrogen-bond donors (Lipinski definition) is 0. The molecule has 2 aliphatic heterocycles. The predicted molar refractivity (Wildman–Crippen MR) is 134 cm³/mol. The van der Waals surface area contributed by atoms with Crippen LogP contribution in [0.15, 0.2) is 48.5 Å². The van der Waals surface area contributed by atoms with Crippen LogP contribution in [0.1, 0.15) is 24.8 Å². The third-order valence-electron chi connectivity index (χ3n) is 6.96. The fraction of sp³-hybridized carbons (Fsp3) is 0.481. The maximum absolute atomic E-state index is 14.0. The van der Waals surface area contributed by atoms with E-state index in [1.165, 1.54) is 6.07 Å². The minimum absolute atomic E-state index is 0.0218. The van der Waals surface area contributed by atoms with Gasteiger partial charge in [0.15, 0.2) is 0 Å². The molecular weight excluding hydrogens is 469 g/mol. The predicted octanol–water partition coefficient (Wildman–Crippen LogP) is 3.87. The first-order valence-electron chi connectivity index (χ1n) is 12.3. The lowest BCUT2D eigenvalue weighted by molar-refractivity contribution is -0.140. The first-order valence-corrected chi connectivity index (χ1v) is 12.7. The van der Waals surface area contributed by atoms with Gasteiger partial charge in [-0.2, -0.15) is 0 Å². The van der Waals surface area contributed by atoms with E-state index in [0.29, 0.717) is 61.8 Å². The van der Waals surface area contributed by atoms with E-state index in [1.54, 1.807) is 35.2 Å². The molecule has 0 aliphatic carbocycles. The van der Waals surface area contributed by atoms with Gasteiger partial charge in [-0.25, -0.2) is 4.39 Å². The fourth-order valence-electron chi connectivity index (χ4n) is 4.81. The van der Waals surface area contributed by atoms with Crippen LogP contribution in [-0.2, 0) is 16.0 Å². The molecule has 2 saturated heterocycles. The van der Waals surface area contributed by atoms with Gasteiger partial charge in [0.05, 0.1) is 0 Å². The quantitative estimate of drug-likeness (QED) is 0.578. The number of aryl methyl sites for hydroxylation is 1. The van der Waals surface area contributed by atoms with Crippen molar-refractivity contribution in [2.45, 2.75) is 31.8 Å². The molecule has 2 aromatic rings. The second kappa shape index (κ2) is 11.9. The smallest absolute Gasteiger partial charge is 0.223 e. The minimum atomic E-state index is -0.287. The van der Waals surface area contributed by atoms with Crippen LogP contribution in [-0.4, -0.2) is 78.9 Å². The number of piperazine rings is 1. The molecule has 2 aromatic carbocycles. The molecule has 2 aliphatic rings. The lowest BCUT2D eigenvalue weighted by Gasteiger charge is -2.40. The second-order valence-corrected chi connectivity index (χ2v) is 9.92. The zero-order chi connectivity index (χ0) is 24.8. The third-order valence-corrected chi connectivity index (χ3v) is 7.19. The zero-order valence-electron chi connectivity index (χ0n) is 20.2. The van der Waals surface area contributed by atoms with Gasteiger partial charge in [-0.15, -0.1) is 0 Å². The van der Waals surface area contributed by atoms with Crippen LogP contribution >= 0.6 is 11.6 Å². The third kappa shape index (κ3) is 6.95. The molecule has 35 heavy (non-hydrogen) atoms. The van der Waals surface area contributed by atoms with Crippen LogP contribution in [0.5, 0.6) is 5.75 Å². The summed E-state index contributed by atoms with van der Waals surface area (Å²) in [6.07, 6.45) is 1.35. The van der Waals surface area contributed by atoms with Gasteiger partial charge in [-0.05, 0) is 43.3 Å². The number of carbonyl (C=O) groups excluding carboxylic acids is 2. The Morgan fingerprint density at radius 2 is 1.77 bits per heavy atom. The highest BCUT2D eigenvalue weighted by atomic mass is 35.5. The van der Waals surface area contributed by atoms with Crippen molar-refractivity contribution in [2.75, 3.05) is 46.3 Å². The Labute approximate surface area is 211 Å². The van der Waals surface area contributed by atoms with Gasteiger partial charge in [0.25, 0.3) is 0 Å². The summed E-state index contributed by atoms with van der Waals surface area (Å²) in [5.74, 6) is 0.325. The topological polar surface area (TPSA) is 53.1 Å². The highest BCUT2D eigenvalue weighted by Gasteiger charge is 2.35. The molecule has 8 heteroatoms. The summed E-state index contributed by atoms with van der Waals surface area (Å²) in [6, 6.07) is 13.8. The van der Waals surface area contributed by atoms with Crippen LogP contribution in [0.25, 0.3) is 0 Å². The molecule has 0 spiro atoms. The molecule has 4 rings (SSSR count). The summed E-state index contributed by atoms with van der Waals surface area (Å²) >= 11 is 6.13. The molecular formula is C27H33ClFN3O3. The summed E-state index contributed by atoms with van der Waals surface area (Å²) in [4.78, 5) is 32.1. The van der Waals surface area contributed by atoms with Gasteiger partial charge in [0.1, 0.15) is 17.7 Å². The molecule has 2 fully saturated rings. The van der Waals surface area contributed by atoms with Crippen LogP contribution in [0.2, 0.25) is 5.02 Å². The number of carbonyl (C=O) groups is 2. The number of hydrogen-bond acceptors (Lipinski definition) is 4. The Morgan fingerprint density at radius 1 is 1.00 bits per heavy atom. The van der Waals surface area contributed by atoms with Crippen LogP contribution in [0.3, 0.4) is 0 Å². The Kier molecular flexibility index (Phi) is 8.63. The number of nitrogens with zero attached hydrogens (tertiary/aromatic N) is 3. The number of likely N-dealkylation sites (N-methyl/N-ethyl adjacent to an activating group) is 1. The highest BCUT2D eigenvalue weighted by Crippen LogP contribution is 2.28. The van der Waals surface area contributed by atoms with Crippen molar-refractivity contribution in [3.63, 3.8) is 0 Å². The van der Waals surface area contributed by atoms with Gasteiger partial charge in [0, 0.05) is 69.5 Å². The SMILES string of the molecule is CN1CCN(C(=O)C[C@H]2CN(C(=O)CCc3ccccc3F)CC[C@@H]2Oc2cccc(Cl)c2)CC1. The molecule has 0 aromatic heterocycles. The lowest BCUT2D eigenvalue weighted by atomic mass is 9.90. The van der Waals surface area contributed by atoms with Crippen molar-refractivity contribution in [2.24, 2.45) is 5.92 Å². The van der Waals surface area contributed by atoms with Gasteiger partial charge < -0.3 is 19.4 Å². The van der Waals surface area contributed by atoms with E-state index >= 15 is 0 Å². The number of rotatable bonds is 7. The van der Waals surface area contributed by atoms with E-state index in [0.717, 1.165) is 13.1 Å². The largest absolute Gasteiger partial charge is 0.490 e. The van der Waals surface area contributed by atoms with E-state index in [9.17, 15) is 14.0 Å². The normalized spacial score (nSPS) is 21.1. The minimum Gasteiger partial charge on any atom is -0.490 e. The van der Waals surface area contributed by atoms with Crippen molar-refractivity contribution in [3.8, 4) is 5.75 Å². The van der Waals surface area contributed by atoms with Crippen molar-refractivity contribution in [1.29, 1.82) is 0 Å². The summed E-state index contributed by atoms with van der Waals surface area (Å²) in [5, 5.41) is 0.591. The summed E-state index contributed by atoms with van der Waals surface area (Å²) in [6.45, 7) is 4.14. The van der Waals surface area contributed by atoms with Crippen molar-refractivity contribution in [1.82, 2.24) is 14.7 Å². The Hall–Kier alpha value is -2.64. The molecule has 0 unspecified atom stereocenters. The Balaban J connectivity index is 1.41. The lowest BCUT2D eigenvalue weighted by Crippen LogP contribution is -2.51. The van der Waals surface area contributed by atoms with E-state index in [-0.39, 0.29) is 36.1 Å². The molecule has 2 heterocycles. The molecule has 0 radical (unpaired) electrons. The monoisotopic (exact) mass is 501 g/mol. The first kappa shape index (κ1) is 25.5. The molecule has 0 N–H and O–H groups in total. The van der Waals surface area contributed by atoms with Gasteiger partial charge in [-0.3, -0.25) is 9.59 Å². The average Bonchev–Trinajstić information content (AvgIpc) is 2.85. The van der Waals surface area contributed by atoms with Crippen molar-refractivity contribution in [3.05, 3.63) is 64.9 Å². The van der Waals surface area contributed by atoms with E-state index < -0.39 is 0 Å². The number of ether oxygens (including phenoxy) is 1. The zero-order valence-corrected chi connectivity index (χ0v) is 20.9. The number of halogens is 2. The Morgan fingerprint density at radius 3 is 2.51 bits per heavy atom. The van der Waals surface area contributed by atoms with Gasteiger partial charge >= 0.3 is 0 Å². The molecule has 188 valence electrons. The molecule has 0 bridgehead atoms.